The summed E-state index contributed by atoms with van der Waals surface area (Å²) in [5.74, 6) is 0. The number of aliphatic hydroxyl groups is 2. The molecule has 3 rings (SSSR count). The highest BCUT2D eigenvalue weighted by atomic mass is 32.2. The Balaban J connectivity index is 1.90. The number of hydrogen-bond acceptors (Lipinski definition) is 4. The van der Waals surface area contributed by atoms with Crippen LogP contribution in [0.25, 0.3) is 0 Å². The van der Waals surface area contributed by atoms with Gasteiger partial charge < -0.3 is 10.2 Å². The van der Waals surface area contributed by atoms with Crippen molar-refractivity contribution >= 4 is 11.8 Å². The lowest BCUT2D eigenvalue weighted by molar-refractivity contribution is -0.0925. The van der Waals surface area contributed by atoms with Crippen LogP contribution >= 0.6 is 11.8 Å². The molecule has 7 heteroatoms. The highest BCUT2D eigenvalue weighted by molar-refractivity contribution is 8.00. The van der Waals surface area contributed by atoms with Crippen molar-refractivity contribution in [2.45, 2.75) is 42.0 Å². The van der Waals surface area contributed by atoms with Gasteiger partial charge >= 0.3 is 5.51 Å². The summed E-state index contributed by atoms with van der Waals surface area (Å²) in [5.41, 5.74) is -4.36. The average molecular weight is 476 g/mol. The highest BCUT2D eigenvalue weighted by Gasteiger charge is 2.40. The quantitative estimate of drug-likeness (QED) is 0.374. The first-order chi connectivity index (χ1) is 15.7. The van der Waals surface area contributed by atoms with Crippen LogP contribution in [-0.4, -0.2) is 39.8 Å². The molecule has 176 valence electrons. The standard InChI is InChI=1S/C26H28F3NO2S/c1-2-30(18-20-11-5-3-6-12-20)19-24(31)25(32,22-14-7-4-8-15-22)17-21-13-9-10-16-23(21)33-26(27,28)29/h3-16,24,31-32H,2,17-19H2,1H3/t24?,25-/m1/s1. The Morgan fingerprint density at radius 3 is 2.06 bits per heavy atom. The fourth-order valence-corrected chi connectivity index (χ4v) is 4.51. The van der Waals surface area contributed by atoms with Crippen LogP contribution < -0.4 is 0 Å². The molecule has 0 fully saturated rings. The SMILES string of the molecule is CCN(Cc1ccccc1)CC(O)[C@@](O)(Cc1ccccc1SC(F)(F)F)c1ccccc1. The molecule has 0 aliphatic heterocycles. The van der Waals surface area contributed by atoms with Crippen molar-refractivity contribution in [1.29, 1.82) is 0 Å². The molecule has 1 unspecified atom stereocenters. The van der Waals surface area contributed by atoms with Crippen LogP contribution in [0.2, 0.25) is 0 Å². The molecule has 3 aromatic rings. The molecule has 0 aromatic heterocycles. The van der Waals surface area contributed by atoms with E-state index in [1.165, 1.54) is 12.1 Å². The van der Waals surface area contributed by atoms with Gasteiger partial charge in [-0.05, 0) is 41.1 Å². The summed E-state index contributed by atoms with van der Waals surface area (Å²) in [7, 11) is 0. The minimum Gasteiger partial charge on any atom is -0.388 e. The van der Waals surface area contributed by atoms with Gasteiger partial charge in [0.2, 0.25) is 0 Å². The smallest absolute Gasteiger partial charge is 0.388 e. The van der Waals surface area contributed by atoms with Gasteiger partial charge in [-0.3, -0.25) is 4.90 Å². The molecule has 0 bridgehead atoms. The Hall–Kier alpha value is -2.32. The molecule has 0 amide bonds. The van der Waals surface area contributed by atoms with Gasteiger partial charge in [-0.2, -0.15) is 13.2 Å². The van der Waals surface area contributed by atoms with Crippen LogP contribution in [-0.2, 0) is 18.6 Å². The molecule has 0 saturated heterocycles. The number of thioether (sulfide) groups is 1. The Labute approximate surface area is 196 Å². The number of hydrogen-bond donors (Lipinski definition) is 2. The zero-order valence-corrected chi connectivity index (χ0v) is 19.2. The molecule has 0 radical (unpaired) electrons. The van der Waals surface area contributed by atoms with Gasteiger partial charge in [0.15, 0.2) is 0 Å². The molecule has 3 nitrogen and oxygen atoms in total. The third-order valence-electron chi connectivity index (χ3n) is 5.61. The minimum absolute atomic E-state index is 0.0168. The predicted molar refractivity (Wildman–Crippen MR) is 126 cm³/mol. The zero-order valence-electron chi connectivity index (χ0n) is 18.4. The summed E-state index contributed by atoms with van der Waals surface area (Å²) < 4.78 is 39.3. The van der Waals surface area contributed by atoms with E-state index in [2.05, 4.69) is 0 Å². The van der Waals surface area contributed by atoms with Gasteiger partial charge in [-0.1, -0.05) is 85.8 Å². The summed E-state index contributed by atoms with van der Waals surface area (Å²) in [6, 6.07) is 24.6. The Morgan fingerprint density at radius 1 is 0.879 bits per heavy atom. The van der Waals surface area contributed by atoms with E-state index in [1.54, 1.807) is 42.5 Å². The largest absolute Gasteiger partial charge is 0.446 e. The monoisotopic (exact) mass is 475 g/mol. The van der Waals surface area contributed by atoms with E-state index >= 15 is 0 Å². The van der Waals surface area contributed by atoms with E-state index in [1.807, 2.05) is 42.2 Å². The van der Waals surface area contributed by atoms with E-state index in [9.17, 15) is 23.4 Å². The van der Waals surface area contributed by atoms with Gasteiger partial charge in [-0.15, -0.1) is 0 Å². The lowest BCUT2D eigenvalue weighted by Crippen LogP contribution is -2.48. The molecule has 0 aliphatic carbocycles. The minimum atomic E-state index is -4.45. The Kier molecular flexibility index (Phi) is 8.59. The number of benzene rings is 3. The molecule has 3 aromatic carbocycles. The normalized spacial score (nSPS) is 14.8. The number of alkyl halides is 3. The predicted octanol–water partition coefficient (Wildman–Crippen LogP) is 5.61. The van der Waals surface area contributed by atoms with Crippen molar-refractivity contribution < 1.29 is 23.4 Å². The van der Waals surface area contributed by atoms with Crippen molar-refractivity contribution in [2.75, 3.05) is 13.1 Å². The number of likely N-dealkylation sites (N-methyl/N-ethyl adjacent to an activating group) is 1. The molecule has 33 heavy (non-hydrogen) atoms. The third-order valence-corrected chi connectivity index (χ3v) is 6.46. The Morgan fingerprint density at radius 2 is 1.45 bits per heavy atom. The molecular weight excluding hydrogens is 447 g/mol. The second-order valence-corrected chi connectivity index (χ2v) is 9.06. The van der Waals surface area contributed by atoms with Crippen LogP contribution in [0.3, 0.4) is 0 Å². The fourth-order valence-electron chi connectivity index (χ4n) is 3.85. The maximum Gasteiger partial charge on any atom is 0.446 e. The summed E-state index contributed by atoms with van der Waals surface area (Å²) in [6.07, 6.45) is -1.38. The van der Waals surface area contributed by atoms with Gasteiger partial charge in [0.1, 0.15) is 5.60 Å². The van der Waals surface area contributed by atoms with E-state index < -0.39 is 17.2 Å². The van der Waals surface area contributed by atoms with Crippen molar-refractivity contribution in [3.05, 3.63) is 102 Å². The lowest BCUT2D eigenvalue weighted by atomic mass is 9.82. The average Bonchev–Trinajstić information content (AvgIpc) is 2.80. The van der Waals surface area contributed by atoms with E-state index in [4.69, 9.17) is 0 Å². The number of rotatable bonds is 10. The van der Waals surface area contributed by atoms with Gasteiger partial charge in [-0.25, -0.2) is 0 Å². The van der Waals surface area contributed by atoms with Crippen LogP contribution in [0.1, 0.15) is 23.6 Å². The van der Waals surface area contributed by atoms with Gasteiger partial charge in [0.05, 0.1) is 6.10 Å². The number of halogens is 3. The molecule has 0 spiro atoms. The first kappa shape index (κ1) is 25.3. The van der Waals surface area contributed by atoms with Gasteiger partial charge in [0.25, 0.3) is 0 Å². The molecule has 0 aliphatic rings. The first-order valence-corrected chi connectivity index (χ1v) is 11.6. The van der Waals surface area contributed by atoms with Gasteiger partial charge in [0, 0.05) is 24.4 Å². The Bertz CT molecular complexity index is 1000. The van der Waals surface area contributed by atoms with Crippen molar-refractivity contribution in [1.82, 2.24) is 4.90 Å². The molecule has 2 atom stereocenters. The van der Waals surface area contributed by atoms with E-state index in [0.717, 1.165) is 5.56 Å². The third kappa shape index (κ3) is 7.08. The molecule has 2 N–H and O–H groups in total. The maximum atomic E-state index is 13.1. The summed E-state index contributed by atoms with van der Waals surface area (Å²) in [5, 5.41) is 23.0. The summed E-state index contributed by atoms with van der Waals surface area (Å²) in [6.45, 7) is 3.34. The maximum absolute atomic E-state index is 13.1. The molecule has 0 heterocycles. The zero-order chi connectivity index (χ0) is 23.9. The van der Waals surface area contributed by atoms with Crippen molar-refractivity contribution in [3.8, 4) is 0 Å². The number of aliphatic hydroxyl groups excluding tert-OH is 1. The van der Waals surface area contributed by atoms with Crippen LogP contribution in [0.5, 0.6) is 0 Å². The second-order valence-electron chi connectivity index (χ2n) is 7.95. The fraction of sp³-hybridized carbons (Fsp3) is 0.308. The van der Waals surface area contributed by atoms with E-state index in [0.29, 0.717) is 24.2 Å². The number of nitrogens with zero attached hydrogens (tertiary/aromatic N) is 1. The van der Waals surface area contributed by atoms with Crippen LogP contribution in [0.4, 0.5) is 13.2 Å². The highest BCUT2D eigenvalue weighted by Crippen LogP contribution is 2.41. The molecule has 0 saturated carbocycles. The van der Waals surface area contributed by atoms with E-state index in [-0.39, 0.29) is 29.6 Å². The van der Waals surface area contributed by atoms with Crippen LogP contribution in [0, 0.1) is 0 Å². The van der Waals surface area contributed by atoms with Crippen LogP contribution in [0.15, 0.2) is 89.8 Å². The summed E-state index contributed by atoms with van der Waals surface area (Å²) >= 11 is -0.208. The van der Waals surface area contributed by atoms with Crippen molar-refractivity contribution in [3.63, 3.8) is 0 Å². The topological polar surface area (TPSA) is 43.7 Å². The first-order valence-electron chi connectivity index (χ1n) is 10.8. The second kappa shape index (κ2) is 11.2. The lowest BCUT2D eigenvalue weighted by Gasteiger charge is -2.37. The summed E-state index contributed by atoms with van der Waals surface area (Å²) in [4.78, 5) is 2.02. The molecular formula is C26H28F3NO2S. The van der Waals surface area contributed by atoms with Crippen molar-refractivity contribution in [2.24, 2.45) is 0 Å².